The van der Waals surface area contributed by atoms with Crippen LogP contribution in [-0.4, -0.2) is 33.8 Å². The summed E-state index contributed by atoms with van der Waals surface area (Å²) in [6.07, 6.45) is -0.751. The third-order valence-electron chi connectivity index (χ3n) is 3.47. The highest BCUT2D eigenvalue weighted by Gasteiger charge is 2.25. The molecule has 8 heteroatoms. The normalized spacial score (nSPS) is 12.6. The van der Waals surface area contributed by atoms with Gasteiger partial charge in [0.05, 0.1) is 0 Å². The Hall–Kier alpha value is -3.39. The van der Waals surface area contributed by atoms with Crippen LogP contribution in [0.25, 0.3) is 0 Å². The minimum absolute atomic E-state index is 0.496. The number of carboxylic acid groups (broad SMARTS) is 2. The quantitative estimate of drug-likeness (QED) is 0.602. The highest BCUT2D eigenvalue weighted by molar-refractivity contribution is 5.81. The Labute approximate surface area is 169 Å². The molecule has 2 atom stereocenters. The van der Waals surface area contributed by atoms with E-state index < -0.39 is 35.7 Å². The van der Waals surface area contributed by atoms with Gasteiger partial charge < -0.3 is 26.0 Å². The van der Waals surface area contributed by atoms with Crippen molar-refractivity contribution >= 4 is 18.0 Å². The molecule has 2 unspecified atom stereocenters. The maximum atomic E-state index is 11.6. The predicted octanol–water partition coefficient (Wildman–Crippen LogP) is 3.11. The highest BCUT2D eigenvalue weighted by atomic mass is 16.6. The van der Waals surface area contributed by atoms with Crippen molar-refractivity contribution in [1.29, 1.82) is 0 Å². The number of ether oxygens (including phenoxy) is 1. The Morgan fingerprint density at radius 3 is 1.69 bits per heavy atom. The van der Waals surface area contributed by atoms with Crippen LogP contribution in [0.15, 0.2) is 60.7 Å². The molecule has 0 spiro atoms. The average molecular weight is 402 g/mol. The monoisotopic (exact) mass is 402 g/mol. The van der Waals surface area contributed by atoms with E-state index in [9.17, 15) is 14.4 Å². The van der Waals surface area contributed by atoms with Crippen LogP contribution in [0.3, 0.4) is 0 Å². The summed E-state index contributed by atoms with van der Waals surface area (Å²) >= 11 is 0. The smallest absolute Gasteiger partial charge is 0.408 e. The number of alkyl carbamates (subject to hydrolysis) is 1. The summed E-state index contributed by atoms with van der Waals surface area (Å²) in [6, 6.07) is 15.2. The van der Waals surface area contributed by atoms with Crippen molar-refractivity contribution in [2.75, 3.05) is 0 Å². The molecular formula is C21H26N2O6. The van der Waals surface area contributed by atoms with E-state index in [4.69, 9.17) is 20.7 Å². The molecule has 156 valence electrons. The second kappa shape index (κ2) is 10.8. The van der Waals surface area contributed by atoms with Gasteiger partial charge in [-0.15, -0.1) is 0 Å². The Balaban J connectivity index is 0.000000326. The van der Waals surface area contributed by atoms with Crippen molar-refractivity contribution < 1.29 is 29.3 Å². The number of hydrogen-bond acceptors (Lipinski definition) is 5. The standard InChI is InChI=1S/C13H17NO4.C8H9NO2/c1-13(2,3)18-12(17)14-10(11(15)16)9-7-5-4-6-8-9;9-7(8(10)11)6-4-2-1-3-5-6/h4-8,10H,1-3H3,(H,14,17)(H,15,16);1-5,7H,9H2,(H,10,11). The van der Waals surface area contributed by atoms with Crippen molar-refractivity contribution in [1.82, 2.24) is 5.32 Å². The number of nitrogens with one attached hydrogen (secondary N) is 1. The fourth-order valence-corrected chi connectivity index (χ4v) is 2.16. The van der Waals surface area contributed by atoms with Gasteiger partial charge in [-0.05, 0) is 31.9 Å². The Kier molecular flexibility index (Phi) is 8.82. The molecular weight excluding hydrogens is 376 g/mol. The van der Waals surface area contributed by atoms with E-state index in [0.717, 1.165) is 0 Å². The molecule has 0 aromatic heterocycles. The third kappa shape index (κ3) is 8.89. The molecule has 0 radical (unpaired) electrons. The predicted molar refractivity (Wildman–Crippen MR) is 107 cm³/mol. The zero-order valence-electron chi connectivity index (χ0n) is 16.5. The van der Waals surface area contributed by atoms with Crippen LogP contribution in [-0.2, 0) is 14.3 Å². The number of carbonyl (C=O) groups is 3. The van der Waals surface area contributed by atoms with Gasteiger partial charge in [0.25, 0.3) is 0 Å². The second-order valence-electron chi connectivity index (χ2n) is 7.05. The lowest BCUT2D eigenvalue weighted by atomic mass is 10.1. The first-order valence-corrected chi connectivity index (χ1v) is 8.82. The number of aliphatic carboxylic acids is 2. The average Bonchev–Trinajstić information content (AvgIpc) is 2.65. The minimum Gasteiger partial charge on any atom is -0.480 e. The molecule has 0 aliphatic carbocycles. The van der Waals surface area contributed by atoms with Crippen molar-refractivity contribution in [3.05, 3.63) is 71.8 Å². The SMILES string of the molecule is CC(C)(C)OC(=O)NC(C(=O)O)c1ccccc1.NC(C(=O)O)c1ccccc1. The van der Waals surface area contributed by atoms with Crippen LogP contribution in [0, 0.1) is 0 Å². The molecule has 2 aromatic carbocycles. The summed E-state index contributed by atoms with van der Waals surface area (Å²) in [7, 11) is 0. The largest absolute Gasteiger partial charge is 0.480 e. The van der Waals surface area contributed by atoms with E-state index in [2.05, 4.69) is 5.32 Å². The molecule has 0 aliphatic heterocycles. The highest BCUT2D eigenvalue weighted by Crippen LogP contribution is 2.14. The van der Waals surface area contributed by atoms with E-state index in [-0.39, 0.29) is 0 Å². The number of nitrogens with two attached hydrogens (primary N) is 1. The number of carbonyl (C=O) groups excluding carboxylic acids is 1. The summed E-state index contributed by atoms with van der Waals surface area (Å²) in [4.78, 5) is 33.1. The molecule has 5 N–H and O–H groups in total. The summed E-state index contributed by atoms with van der Waals surface area (Å²) in [5.41, 5.74) is 5.80. The van der Waals surface area contributed by atoms with E-state index in [1.807, 2.05) is 6.07 Å². The zero-order valence-corrected chi connectivity index (χ0v) is 16.5. The maximum Gasteiger partial charge on any atom is 0.408 e. The van der Waals surface area contributed by atoms with Gasteiger partial charge in [-0.3, -0.25) is 4.79 Å². The summed E-state index contributed by atoms with van der Waals surface area (Å²) in [5, 5.41) is 19.9. The fraction of sp³-hybridized carbons (Fsp3) is 0.286. The van der Waals surface area contributed by atoms with Gasteiger partial charge in [0, 0.05) is 0 Å². The molecule has 0 bridgehead atoms. The number of benzene rings is 2. The first-order valence-electron chi connectivity index (χ1n) is 8.82. The molecule has 2 rings (SSSR count). The topological polar surface area (TPSA) is 139 Å². The molecule has 0 saturated heterocycles. The molecule has 29 heavy (non-hydrogen) atoms. The summed E-state index contributed by atoms with van der Waals surface area (Å²) in [6.45, 7) is 5.14. The van der Waals surface area contributed by atoms with Crippen LogP contribution in [0.2, 0.25) is 0 Å². The summed E-state index contributed by atoms with van der Waals surface area (Å²) in [5.74, 6) is -2.14. The zero-order chi connectivity index (χ0) is 22.0. The number of hydrogen-bond donors (Lipinski definition) is 4. The molecule has 0 heterocycles. The van der Waals surface area contributed by atoms with Gasteiger partial charge in [-0.2, -0.15) is 0 Å². The molecule has 2 aromatic rings. The summed E-state index contributed by atoms with van der Waals surface area (Å²) < 4.78 is 5.03. The third-order valence-corrected chi connectivity index (χ3v) is 3.47. The van der Waals surface area contributed by atoms with Gasteiger partial charge >= 0.3 is 18.0 Å². The van der Waals surface area contributed by atoms with E-state index in [1.165, 1.54) is 0 Å². The van der Waals surface area contributed by atoms with E-state index in [1.54, 1.807) is 75.4 Å². The van der Waals surface area contributed by atoms with Crippen LogP contribution in [0.4, 0.5) is 4.79 Å². The molecule has 8 nitrogen and oxygen atoms in total. The van der Waals surface area contributed by atoms with Gasteiger partial charge in [0.1, 0.15) is 11.6 Å². The van der Waals surface area contributed by atoms with Gasteiger partial charge in [0.2, 0.25) is 0 Å². The van der Waals surface area contributed by atoms with Gasteiger partial charge in [-0.1, -0.05) is 60.7 Å². The Morgan fingerprint density at radius 2 is 1.31 bits per heavy atom. The number of amides is 1. The first-order chi connectivity index (χ1) is 13.5. The van der Waals surface area contributed by atoms with Gasteiger partial charge in [-0.25, -0.2) is 9.59 Å². The van der Waals surface area contributed by atoms with Crippen molar-refractivity contribution in [2.24, 2.45) is 5.73 Å². The molecule has 0 saturated carbocycles. The van der Waals surface area contributed by atoms with E-state index >= 15 is 0 Å². The first kappa shape index (κ1) is 23.6. The number of carboxylic acids is 2. The van der Waals surface area contributed by atoms with Crippen molar-refractivity contribution in [3.63, 3.8) is 0 Å². The second-order valence-corrected chi connectivity index (χ2v) is 7.05. The number of rotatable bonds is 5. The van der Waals surface area contributed by atoms with Crippen LogP contribution in [0.1, 0.15) is 44.0 Å². The lowest BCUT2D eigenvalue weighted by Crippen LogP contribution is -2.38. The van der Waals surface area contributed by atoms with Crippen molar-refractivity contribution in [2.45, 2.75) is 38.5 Å². The molecule has 0 fully saturated rings. The molecule has 1 amide bonds. The lowest BCUT2D eigenvalue weighted by molar-refractivity contribution is -0.140. The molecule has 0 aliphatic rings. The van der Waals surface area contributed by atoms with Crippen LogP contribution < -0.4 is 11.1 Å². The fourth-order valence-electron chi connectivity index (χ4n) is 2.16. The van der Waals surface area contributed by atoms with Crippen LogP contribution in [0.5, 0.6) is 0 Å². The Morgan fingerprint density at radius 1 is 0.862 bits per heavy atom. The van der Waals surface area contributed by atoms with Crippen molar-refractivity contribution in [3.8, 4) is 0 Å². The van der Waals surface area contributed by atoms with E-state index in [0.29, 0.717) is 11.1 Å². The van der Waals surface area contributed by atoms with Crippen LogP contribution >= 0.6 is 0 Å². The lowest BCUT2D eigenvalue weighted by Gasteiger charge is -2.22. The minimum atomic E-state index is -1.13. The van der Waals surface area contributed by atoms with Gasteiger partial charge in [0.15, 0.2) is 6.04 Å². The Bertz CT molecular complexity index is 803. The maximum absolute atomic E-state index is 11.6.